The van der Waals surface area contributed by atoms with Crippen molar-refractivity contribution in [2.45, 2.75) is 36.1 Å². The van der Waals surface area contributed by atoms with Gasteiger partial charge in [-0.2, -0.15) is 0 Å². The number of fused-ring (bicyclic) bond motifs is 3. The molecule has 6 heteroatoms. The summed E-state index contributed by atoms with van der Waals surface area (Å²) in [5.74, 6) is 1.38. The largest absolute Gasteiger partial charge is 0.493 e. The Bertz CT molecular complexity index is 1100. The molecule has 1 saturated carbocycles. The first-order valence-corrected chi connectivity index (χ1v) is 11.7. The summed E-state index contributed by atoms with van der Waals surface area (Å²) in [7, 11) is 0. The number of benzene rings is 3. The highest BCUT2D eigenvalue weighted by molar-refractivity contribution is 6.30. The average Bonchev–Trinajstić information content (AvgIpc) is 3.20. The molecule has 1 heterocycles. The quantitative estimate of drug-likeness (QED) is 0.375. The van der Waals surface area contributed by atoms with Gasteiger partial charge in [0.2, 0.25) is 0 Å². The lowest BCUT2D eigenvalue weighted by Crippen LogP contribution is -2.51. The lowest BCUT2D eigenvalue weighted by molar-refractivity contribution is -0.149. The minimum Gasteiger partial charge on any atom is -0.493 e. The highest BCUT2D eigenvalue weighted by Crippen LogP contribution is 2.66. The molecule has 0 amide bonds. The molecule has 4 nitrogen and oxygen atoms in total. The molecule has 5 rings (SSSR count). The number of halogens is 2. The van der Waals surface area contributed by atoms with Gasteiger partial charge in [0, 0.05) is 28.5 Å². The van der Waals surface area contributed by atoms with Crippen molar-refractivity contribution in [2.75, 3.05) is 12.5 Å². The zero-order valence-electron chi connectivity index (χ0n) is 17.4. The van der Waals surface area contributed by atoms with Crippen LogP contribution in [0.25, 0.3) is 0 Å². The van der Waals surface area contributed by atoms with Gasteiger partial charge in [0.15, 0.2) is 11.2 Å². The highest BCUT2D eigenvalue weighted by atomic mass is 35.5. The van der Waals surface area contributed by atoms with Gasteiger partial charge in [0.05, 0.1) is 12.7 Å². The molecule has 1 fully saturated rings. The molecule has 1 aliphatic carbocycles. The van der Waals surface area contributed by atoms with Crippen molar-refractivity contribution in [3.8, 4) is 11.5 Å². The molecule has 0 unspecified atom stereocenters. The monoisotopic (exact) mass is 470 g/mol. The number of rotatable bonds is 6. The Balaban J connectivity index is 1.67. The second-order valence-electron chi connectivity index (χ2n) is 8.37. The molecule has 0 radical (unpaired) electrons. The third-order valence-electron chi connectivity index (χ3n) is 6.65. The van der Waals surface area contributed by atoms with E-state index in [1.807, 2.05) is 42.5 Å². The zero-order chi connectivity index (χ0) is 22.3. The first kappa shape index (κ1) is 21.6. The Labute approximate surface area is 197 Å². The van der Waals surface area contributed by atoms with E-state index in [0.717, 1.165) is 17.5 Å². The van der Waals surface area contributed by atoms with Crippen LogP contribution in [0.15, 0.2) is 72.8 Å². The Kier molecular flexibility index (Phi) is 5.58. The van der Waals surface area contributed by atoms with Crippen molar-refractivity contribution in [1.29, 1.82) is 0 Å². The van der Waals surface area contributed by atoms with Gasteiger partial charge < -0.3 is 19.7 Å². The summed E-state index contributed by atoms with van der Waals surface area (Å²) in [6.07, 6.45) is 0.0661. The van der Waals surface area contributed by atoms with E-state index in [4.69, 9.17) is 32.7 Å². The van der Waals surface area contributed by atoms with Gasteiger partial charge in [0.25, 0.3) is 0 Å². The van der Waals surface area contributed by atoms with E-state index in [-0.39, 0.29) is 5.92 Å². The van der Waals surface area contributed by atoms with Crippen LogP contribution in [0.4, 0.5) is 0 Å². The first-order valence-electron chi connectivity index (χ1n) is 10.7. The molecule has 3 aromatic carbocycles. The second kappa shape index (κ2) is 8.27. The van der Waals surface area contributed by atoms with Gasteiger partial charge in [-0.05, 0) is 48.2 Å². The van der Waals surface area contributed by atoms with Crippen LogP contribution in [-0.4, -0.2) is 28.8 Å². The topological polar surface area (TPSA) is 58.9 Å². The predicted molar refractivity (Wildman–Crippen MR) is 125 cm³/mol. The van der Waals surface area contributed by atoms with Crippen LogP contribution in [0.5, 0.6) is 11.5 Å². The molecule has 1 aliphatic heterocycles. The van der Waals surface area contributed by atoms with Gasteiger partial charge >= 0.3 is 0 Å². The van der Waals surface area contributed by atoms with Crippen molar-refractivity contribution in [3.05, 3.63) is 94.5 Å². The van der Waals surface area contributed by atoms with Gasteiger partial charge in [-0.1, -0.05) is 54.1 Å². The van der Waals surface area contributed by atoms with E-state index in [1.54, 1.807) is 30.3 Å². The molecule has 0 saturated heterocycles. The fraction of sp³-hybridized carbons (Fsp3) is 0.308. The van der Waals surface area contributed by atoms with Crippen LogP contribution in [0.3, 0.4) is 0 Å². The molecule has 32 heavy (non-hydrogen) atoms. The molecule has 0 aromatic heterocycles. The summed E-state index contributed by atoms with van der Waals surface area (Å²) < 4.78 is 12.5. The van der Waals surface area contributed by atoms with E-state index < -0.39 is 17.3 Å². The fourth-order valence-electron chi connectivity index (χ4n) is 5.24. The summed E-state index contributed by atoms with van der Waals surface area (Å²) in [5, 5.41) is 24.0. The number of alkyl halides is 1. The van der Waals surface area contributed by atoms with Crippen molar-refractivity contribution >= 4 is 23.2 Å². The van der Waals surface area contributed by atoms with E-state index >= 15 is 0 Å². The summed E-state index contributed by atoms with van der Waals surface area (Å²) in [6.45, 7) is 0.490. The Morgan fingerprint density at radius 3 is 2.50 bits per heavy atom. The van der Waals surface area contributed by atoms with Gasteiger partial charge in [-0.25, -0.2) is 0 Å². The van der Waals surface area contributed by atoms with E-state index in [9.17, 15) is 10.2 Å². The van der Waals surface area contributed by atoms with Crippen molar-refractivity contribution in [2.24, 2.45) is 0 Å². The summed E-state index contributed by atoms with van der Waals surface area (Å²) >= 11 is 11.9. The minimum atomic E-state index is -1.63. The lowest BCUT2D eigenvalue weighted by atomic mass is 9.71. The molecule has 2 aliphatic rings. The van der Waals surface area contributed by atoms with Crippen LogP contribution in [0.1, 0.15) is 35.4 Å². The molecule has 3 aromatic rings. The maximum Gasteiger partial charge on any atom is 0.176 e. The van der Waals surface area contributed by atoms with Crippen LogP contribution >= 0.6 is 23.2 Å². The lowest BCUT2D eigenvalue weighted by Gasteiger charge is -2.40. The summed E-state index contributed by atoms with van der Waals surface area (Å²) in [6, 6.07) is 22.6. The molecular formula is C26H24Cl2O4. The standard InChI is InChI=1S/C26H24Cl2O4/c27-13-4-14-31-20-11-12-21-23(15-20)32-26(18-7-9-19(28)10-8-18)22(16-24(29)25(21,26)30)17-5-2-1-3-6-17/h1-3,5-12,15,22,24,29-30H,4,13-14,16H2/t22-,24-,25-,26-/m0/s1. The molecular weight excluding hydrogens is 447 g/mol. The maximum atomic E-state index is 12.2. The molecule has 4 atom stereocenters. The van der Waals surface area contributed by atoms with Crippen LogP contribution in [-0.2, 0) is 11.2 Å². The molecule has 0 bridgehead atoms. The first-order chi connectivity index (χ1) is 15.5. The van der Waals surface area contributed by atoms with E-state index in [1.165, 1.54) is 0 Å². The van der Waals surface area contributed by atoms with Crippen LogP contribution in [0.2, 0.25) is 5.02 Å². The van der Waals surface area contributed by atoms with Crippen molar-refractivity contribution < 1.29 is 19.7 Å². The Morgan fingerprint density at radius 2 is 1.78 bits per heavy atom. The SMILES string of the molecule is O[C@H]1C[C@@H](c2ccccc2)[C@]2(c3ccc(Cl)cc3)Oc3cc(OCCCCl)ccc3[C@]12O. The third kappa shape index (κ3) is 3.12. The van der Waals surface area contributed by atoms with Gasteiger partial charge in [-0.15, -0.1) is 11.6 Å². The van der Waals surface area contributed by atoms with Crippen LogP contribution < -0.4 is 9.47 Å². The summed E-state index contributed by atoms with van der Waals surface area (Å²) in [4.78, 5) is 0. The van der Waals surface area contributed by atoms with E-state index in [2.05, 4.69) is 0 Å². The average molecular weight is 471 g/mol. The Morgan fingerprint density at radius 1 is 1.03 bits per heavy atom. The second-order valence-corrected chi connectivity index (χ2v) is 9.19. The number of hydrogen-bond acceptors (Lipinski definition) is 4. The van der Waals surface area contributed by atoms with E-state index in [0.29, 0.717) is 41.0 Å². The maximum absolute atomic E-state index is 12.2. The van der Waals surface area contributed by atoms with Gasteiger partial charge in [-0.3, -0.25) is 0 Å². The van der Waals surface area contributed by atoms with Crippen molar-refractivity contribution in [3.63, 3.8) is 0 Å². The molecule has 2 N–H and O–H groups in total. The number of aliphatic hydroxyl groups is 2. The number of hydrogen-bond donors (Lipinski definition) is 2. The number of aliphatic hydroxyl groups excluding tert-OH is 1. The normalized spacial score (nSPS) is 28.1. The molecule has 166 valence electrons. The zero-order valence-corrected chi connectivity index (χ0v) is 18.9. The highest BCUT2D eigenvalue weighted by Gasteiger charge is 2.72. The smallest absolute Gasteiger partial charge is 0.176 e. The molecule has 0 spiro atoms. The van der Waals surface area contributed by atoms with Gasteiger partial charge in [0.1, 0.15) is 11.5 Å². The van der Waals surface area contributed by atoms with Crippen LogP contribution in [0, 0.1) is 0 Å². The Hall–Kier alpha value is -2.24. The number of ether oxygens (including phenoxy) is 2. The van der Waals surface area contributed by atoms with Crippen molar-refractivity contribution in [1.82, 2.24) is 0 Å². The third-order valence-corrected chi connectivity index (χ3v) is 7.17. The summed E-state index contributed by atoms with van der Waals surface area (Å²) in [5.41, 5.74) is -0.539. The predicted octanol–water partition coefficient (Wildman–Crippen LogP) is 5.37. The minimum absolute atomic E-state index is 0.280. The fourth-order valence-corrected chi connectivity index (χ4v) is 5.48.